The number of likely N-dealkylation sites (N-methyl/N-ethyl adjacent to an activating group) is 1. The third kappa shape index (κ3) is 48.6. The smallest absolute Gasteiger partial charge is 0.268 e. The summed E-state index contributed by atoms with van der Waals surface area (Å²) in [6.07, 6.45) is 68.4. The molecule has 0 spiro atoms. The molecule has 0 aliphatic carbocycles. The van der Waals surface area contributed by atoms with Crippen molar-refractivity contribution in [3.8, 4) is 0 Å². The number of rotatable bonds is 44. The topological polar surface area (TPSA) is 108 Å². The van der Waals surface area contributed by atoms with E-state index in [2.05, 4.69) is 129 Å². The average Bonchev–Trinajstić information content (AvgIpc) is 3.26. The molecule has 0 bridgehead atoms. The Morgan fingerprint density at radius 1 is 0.554 bits per heavy atom. The lowest BCUT2D eigenvalue weighted by molar-refractivity contribution is -0.870. The highest BCUT2D eigenvalue weighted by molar-refractivity contribution is 7.45. The molecule has 0 aliphatic heterocycles. The first-order valence-corrected chi connectivity index (χ1v) is 26.9. The quantitative estimate of drug-likeness (QED) is 0.0273. The molecule has 8 nitrogen and oxygen atoms in total. The molecule has 2 N–H and O–H groups in total. The largest absolute Gasteiger partial charge is 0.756 e. The van der Waals surface area contributed by atoms with Gasteiger partial charge in [0.25, 0.3) is 7.82 Å². The third-order valence-corrected chi connectivity index (χ3v) is 11.4. The number of phosphoric acid groups is 1. The lowest BCUT2D eigenvalue weighted by atomic mass is 10.1. The van der Waals surface area contributed by atoms with Crippen LogP contribution in [0.4, 0.5) is 0 Å². The van der Waals surface area contributed by atoms with Gasteiger partial charge in [-0.25, -0.2) is 0 Å². The molecule has 3 atom stereocenters. The van der Waals surface area contributed by atoms with Crippen LogP contribution in [0.15, 0.2) is 122 Å². The summed E-state index contributed by atoms with van der Waals surface area (Å²) >= 11 is 0. The van der Waals surface area contributed by atoms with Gasteiger partial charge < -0.3 is 28.8 Å². The molecule has 9 heteroatoms. The minimum absolute atomic E-state index is 0.0149. The van der Waals surface area contributed by atoms with Gasteiger partial charge in [-0.15, -0.1) is 0 Å². The van der Waals surface area contributed by atoms with E-state index in [9.17, 15) is 19.4 Å². The van der Waals surface area contributed by atoms with E-state index in [1.54, 1.807) is 6.08 Å². The number of aliphatic hydroxyl groups excluding tert-OH is 1. The molecule has 370 valence electrons. The zero-order valence-corrected chi connectivity index (χ0v) is 42.8. The molecule has 0 aliphatic rings. The summed E-state index contributed by atoms with van der Waals surface area (Å²) in [6.45, 7) is 4.43. The maximum atomic E-state index is 12.9. The van der Waals surface area contributed by atoms with E-state index < -0.39 is 26.6 Å². The molecule has 3 unspecified atom stereocenters. The number of allylic oxidation sites excluding steroid dienone is 19. The Hall–Kier alpha value is -3.10. The highest BCUT2D eigenvalue weighted by Gasteiger charge is 2.23. The Bertz CT molecular complexity index is 1460. The summed E-state index contributed by atoms with van der Waals surface area (Å²) in [6, 6.07) is -0.914. The van der Waals surface area contributed by atoms with Gasteiger partial charge in [-0.3, -0.25) is 9.36 Å². The molecule has 0 fully saturated rings. The van der Waals surface area contributed by atoms with Gasteiger partial charge in [-0.2, -0.15) is 0 Å². The monoisotopic (exact) mass is 923 g/mol. The summed E-state index contributed by atoms with van der Waals surface area (Å²) in [7, 11) is 1.21. The number of carbonyl (C=O) groups excluding carboxylic acids is 1. The fourth-order valence-electron chi connectivity index (χ4n) is 6.42. The van der Waals surface area contributed by atoms with Gasteiger partial charge in [0, 0.05) is 6.42 Å². The van der Waals surface area contributed by atoms with Crippen LogP contribution in [0, 0.1) is 0 Å². The summed E-state index contributed by atoms with van der Waals surface area (Å²) in [5.74, 6) is -0.225. The SMILES string of the molecule is CC/C=C\C/C=C\C/C=C\C/C=C\C/C=C\C/C=C\C/C=C\C/C=C\CCCCCCCCCCC(=O)NC(COP(=O)([O-])OCC[N+](C)(C)C)C(O)/C=C/CC/C=C/CCCCCC. The minimum Gasteiger partial charge on any atom is -0.756 e. The van der Waals surface area contributed by atoms with E-state index in [-0.39, 0.29) is 12.5 Å². The lowest BCUT2D eigenvalue weighted by Gasteiger charge is -2.29. The summed E-state index contributed by atoms with van der Waals surface area (Å²) in [5.41, 5.74) is 0. The molecule has 0 saturated heterocycles. The number of carbonyl (C=O) groups is 1. The Morgan fingerprint density at radius 2 is 0.954 bits per heavy atom. The van der Waals surface area contributed by atoms with Crippen LogP contribution in [-0.2, 0) is 18.4 Å². The van der Waals surface area contributed by atoms with Crippen molar-refractivity contribution >= 4 is 13.7 Å². The molecular weight excluding hydrogens is 828 g/mol. The molecule has 1 amide bonds. The molecule has 0 aromatic carbocycles. The predicted molar refractivity (Wildman–Crippen MR) is 279 cm³/mol. The van der Waals surface area contributed by atoms with Crippen molar-refractivity contribution in [2.45, 2.75) is 187 Å². The van der Waals surface area contributed by atoms with Crippen molar-refractivity contribution in [3.05, 3.63) is 122 Å². The highest BCUT2D eigenvalue weighted by atomic mass is 31.2. The summed E-state index contributed by atoms with van der Waals surface area (Å²) < 4.78 is 23.2. The number of nitrogens with one attached hydrogen (secondary N) is 1. The van der Waals surface area contributed by atoms with Gasteiger partial charge >= 0.3 is 0 Å². The maximum absolute atomic E-state index is 12.9. The fourth-order valence-corrected chi connectivity index (χ4v) is 7.14. The Balaban J connectivity index is 4.19. The van der Waals surface area contributed by atoms with Crippen LogP contribution in [0.25, 0.3) is 0 Å². The predicted octanol–water partition coefficient (Wildman–Crippen LogP) is 14.4. The second-order valence-electron chi connectivity index (χ2n) is 17.8. The normalized spacial score (nSPS) is 15.1. The first-order chi connectivity index (χ1) is 31.5. The number of hydrogen-bond acceptors (Lipinski definition) is 6. The van der Waals surface area contributed by atoms with E-state index in [4.69, 9.17) is 9.05 Å². The van der Waals surface area contributed by atoms with Crippen LogP contribution in [0.5, 0.6) is 0 Å². The van der Waals surface area contributed by atoms with Crippen molar-refractivity contribution in [2.75, 3.05) is 40.9 Å². The number of aliphatic hydroxyl groups is 1. The lowest BCUT2D eigenvalue weighted by Crippen LogP contribution is -2.45. The standard InChI is InChI=1S/C56H95N2O6P/c1-6-8-10-12-14-16-18-19-20-21-22-23-24-25-26-27-28-29-30-31-32-33-34-35-36-37-38-39-40-42-44-46-48-50-56(60)57-54(53-64-65(61,62)63-52-51-58(3,4)5)55(59)49-47-45-43-41-17-15-13-11-9-7-2/h8,10,14,16-17,19-20,22-23,25-26,28-29,31-32,34-35,41,47,49,54-55,59H,6-7,9,11-13,15,18,21,24,27,30,33,36-40,42-46,48,50-53H2,1-5H3,(H-,57,60,61,62)/b10-8-,16-14-,20-19-,23-22-,26-25-,29-28-,32-31-,35-34-,41-17+,49-47+. The van der Waals surface area contributed by atoms with E-state index in [0.717, 1.165) is 103 Å². The molecule has 0 saturated carbocycles. The highest BCUT2D eigenvalue weighted by Crippen LogP contribution is 2.38. The summed E-state index contributed by atoms with van der Waals surface area (Å²) in [5, 5.41) is 13.7. The average molecular weight is 923 g/mol. The number of phosphoric ester groups is 1. The van der Waals surface area contributed by atoms with Gasteiger partial charge in [0.05, 0.1) is 39.9 Å². The second kappa shape index (κ2) is 46.0. The molecule has 0 heterocycles. The van der Waals surface area contributed by atoms with Crippen molar-refractivity contribution in [3.63, 3.8) is 0 Å². The van der Waals surface area contributed by atoms with Gasteiger partial charge in [0.2, 0.25) is 5.91 Å². The third-order valence-electron chi connectivity index (χ3n) is 10.4. The van der Waals surface area contributed by atoms with Crippen molar-refractivity contribution in [1.29, 1.82) is 0 Å². The Morgan fingerprint density at radius 3 is 1.43 bits per heavy atom. The number of nitrogens with zero attached hydrogens (tertiary/aromatic N) is 1. The van der Waals surface area contributed by atoms with Crippen molar-refractivity contribution in [2.24, 2.45) is 0 Å². The Kier molecular flexibility index (Phi) is 43.8. The van der Waals surface area contributed by atoms with Crippen LogP contribution < -0.4 is 10.2 Å². The van der Waals surface area contributed by atoms with Crippen LogP contribution >= 0.6 is 7.82 Å². The molecule has 0 aromatic heterocycles. The van der Waals surface area contributed by atoms with E-state index in [1.165, 1.54) is 51.4 Å². The van der Waals surface area contributed by atoms with Crippen molar-refractivity contribution in [1.82, 2.24) is 5.32 Å². The fraction of sp³-hybridized carbons (Fsp3) is 0.625. The number of quaternary nitrogens is 1. The van der Waals surface area contributed by atoms with Crippen LogP contribution in [0.3, 0.4) is 0 Å². The zero-order chi connectivity index (χ0) is 47.8. The van der Waals surface area contributed by atoms with Crippen LogP contribution in [0.1, 0.15) is 174 Å². The molecule has 0 aromatic rings. The van der Waals surface area contributed by atoms with E-state index >= 15 is 0 Å². The van der Waals surface area contributed by atoms with Gasteiger partial charge in [0.15, 0.2) is 0 Å². The number of amides is 1. The molecule has 0 radical (unpaired) electrons. The minimum atomic E-state index is -4.60. The van der Waals surface area contributed by atoms with E-state index in [1.807, 2.05) is 27.2 Å². The van der Waals surface area contributed by atoms with Crippen LogP contribution in [0.2, 0.25) is 0 Å². The second-order valence-corrected chi connectivity index (χ2v) is 19.2. The van der Waals surface area contributed by atoms with Gasteiger partial charge in [-0.05, 0) is 96.3 Å². The first kappa shape index (κ1) is 61.9. The van der Waals surface area contributed by atoms with Crippen molar-refractivity contribution < 1.29 is 32.9 Å². The van der Waals surface area contributed by atoms with Gasteiger partial charge in [0.1, 0.15) is 13.2 Å². The Labute approximate surface area is 399 Å². The molecule has 0 rings (SSSR count). The first-order valence-electron chi connectivity index (χ1n) is 25.4. The van der Waals surface area contributed by atoms with E-state index in [0.29, 0.717) is 17.4 Å². The maximum Gasteiger partial charge on any atom is 0.268 e. The number of hydrogen-bond donors (Lipinski definition) is 2. The zero-order valence-electron chi connectivity index (χ0n) is 41.9. The summed E-state index contributed by atoms with van der Waals surface area (Å²) in [4.78, 5) is 25.3. The van der Waals surface area contributed by atoms with Crippen LogP contribution in [-0.4, -0.2) is 68.5 Å². The molecular formula is C56H95N2O6P. The number of unbranched alkanes of at least 4 members (excludes halogenated alkanes) is 13. The molecule has 65 heavy (non-hydrogen) atoms. The van der Waals surface area contributed by atoms with Gasteiger partial charge in [-0.1, -0.05) is 193 Å².